The first kappa shape index (κ1) is 45.9. The molecule has 0 bridgehead atoms. The van der Waals surface area contributed by atoms with Gasteiger partial charge in [0.15, 0.2) is 0 Å². The molecule has 4 fully saturated rings. The molecule has 1 aromatic rings. The highest BCUT2D eigenvalue weighted by Gasteiger charge is 2.45. The molecule has 5 amide bonds. The lowest BCUT2D eigenvalue weighted by Gasteiger charge is -2.45. The van der Waals surface area contributed by atoms with Crippen molar-refractivity contribution in [2.45, 2.75) is 173 Å². The molecule has 314 valence electrons. The third-order valence-corrected chi connectivity index (χ3v) is 13.1. The van der Waals surface area contributed by atoms with E-state index in [1.165, 1.54) is 6.92 Å². The molecule has 2 aliphatic heterocycles. The van der Waals surface area contributed by atoms with Crippen molar-refractivity contribution in [2.24, 2.45) is 0 Å². The van der Waals surface area contributed by atoms with Crippen LogP contribution >= 0.6 is 32.3 Å². The number of amides is 5. The molecule has 5 N–H and O–H groups in total. The van der Waals surface area contributed by atoms with Crippen molar-refractivity contribution >= 4 is 62.0 Å². The molecule has 0 unspecified atom stereocenters. The average Bonchev–Trinajstić information content (AvgIpc) is 3.66. The van der Waals surface area contributed by atoms with Gasteiger partial charge in [-0.1, -0.05) is 30.3 Å². The van der Waals surface area contributed by atoms with Gasteiger partial charge in [-0.3, -0.25) is 19.2 Å². The van der Waals surface area contributed by atoms with Gasteiger partial charge in [0.25, 0.3) is 0 Å². The van der Waals surface area contributed by atoms with E-state index < -0.39 is 12.1 Å². The van der Waals surface area contributed by atoms with E-state index in [4.69, 9.17) is 4.74 Å². The van der Waals surface area contributed by atoms with Crippen LogP contribution in [0.15, 0.2) is 30.3 Å². The number of likely N-dealkylation sites (tertiary alicyclic amines) is 2. The minimum atomic E-state index is -0.596. The Morgan fingerprint density at radius 2 is 1.30 bits per heavy atom. The fourth-order valence-corrected chi connectivity index (χ4v) is 9.36. The summed E-state index contributed by atoms with van der Waals surface area (Å²) in [5.41, 5.74) is 0.879. The molecule has 2 aliphatic carbocycles. The van der Waals surface area contributed by atoms with Gasteiger partial charge >= 0.3 is 6.09 Å². The summed E-state index contributed by atoms with van der Waals surface area (Å²) in [6.07, 6.45) is 5.97. The van der Waals surface area contributed by atoms with Crippen LogP contribution in [0.25, 0.3) is 0 Å². The van der Waals surface area contributed by atoms with Crippen LogP contribution in [0.4, 0.5) is 4.79 Å². The zero-order valence-electron chi connectivity index (χ0n) is 34.3. The zero-order chi connectivity index (χ0) is 41.4. The Hall–Kier alpha value is -2.79. The smallest absolute Gasteiger partial charge is 0.408 e. The summed E-state index contributed by atoms with van der Waals surface area (Å²) in [7, 11) is 0. The normalized spacial score (nSPS) is 28.4. The minimum Gasteiger partial charge on any atom is -0.445 e. The van der Waals surface area contributed by atoms with E-state index in [1.807, 2.05) is 40.1 Å². The molecular weight excluding hydrogens is 848 g/mol. The van der Waals surface area contributed by atoms with Gasteiger partial charge in [0, 0.05) is 82.4 Å². The summed E-state index contributed by atoms with van der Waals surface area (Å²) in [6, 6.07) is 9.14. The largest absolute Gasteiger partial charge is 0.445 e. The summed E-state index contributed by atoms with van der Waals surface area (Å²) >= 11 is 6.91. The van der Waals surface area contributed by atoms with Crippen LogP contribution in [0.3, 0.4) is 0 Å². The first-order valence-electron chi connectivity index (χ1n) is 20.0. The van der Waals surface area contributed by atoms with Gasteiger partial charge in [0.2, 0.25) is 23.6 Å². The molecule has 0 radical (unpaired) electrons. The first-order chi connectivity index (χ1) is 26.3. The molecule has 2 heterocycles. The second-order valence-corrected chi connectivity index (χ2v) is 18.9. The zero-order valence-corrected chi connectivity index (χ0v) is 37.5. The van der Waals surface area contributed by atoms with Crippen molar-refractivity contribution in [3.63, 3.8) is 0 Å². The van der Waals surface area contributed by atoms with Crippen LogP contribution in [0.5, 0.6) is 0 Å². The van der Waals surface area contributed by atoms with Gasteiger partial charge in [0.05, 0.1) is 30.2 Å². The van der Waals surface area contributed by atoms with Gasteiger partial charge in [0.1, 0.15) is 12.6 Å². The highest BCUT2D eigenvalue weighted by molar-refractivity contribution is 9.08. The maximum atomic E-state index is 13.1. The fraction of sp³-hybridized carbons (Fsp3) is 0.725. The van der Waals surface area contributed by atoms with Gasteiger partial charge < -0.3 is 35.8 Å². The Morgan fingerprint density at radius 1 is 0.768 bits per heavy atom. The van der Waals surface area contributed by atoms with Crippen molar-refractivity contribution in [1.82, 2.24) is 39.3 Å². The van der Waals surface area contributed by atoms with Gasteiger partial charge in [-0.05, 0) is 98.5 Å². The molecular formula is C40H64Br2N8O6. The van der Waals surface area contributed by atoms with Crippen LogP contribution in [0.2, 0.25) is 0 Å². The van der Waals surface area contributed by atoms with Crippen molar-refractivity contribution in [1.29, 1.82) is 0 Å². The van der Waals surface area contributed by atoms with Gasteiger partial charge in [-0.15, -0.1) is 0 Å². The van der Waals surface area contributed by atoms with Crippen LogP contribution in [0.1, 0.15) is 112 Å². The SMILES string of the molecule is CC(=O)N[C@@H]1C[C@H](N(Br)C(C)(C)C)CC[C@@H]1N1CC[C@H](NBr)C1=O.CC(=O)N[C@@H]1C[C@H](NC(C)(C)C)CC[C@@H]1N1CC[C@H](NC(=O)OCc2ccccc2)C1=O. The Bertz CT molecular complexity index is 1510. The Morgan fingerprint density at radius 3 is 1.82 bits per heavy atom. The molecule has 8 atom stereocenters. The highest BCUT2D eigenvalue weighted by atomic mass is 79.9. The second-order valence-electron chi connectivity index (χ2n) is 17.7. The van der Waals surface area contributed by atoms with Crippen molar-refractivity contribution in [2.75, 3.05) is 13.1 Å². The lowest BCUT2D eigenvalue weighted by molar-refractivity contribution is -0.134. The Kier molecular flexibility index (Phi) is 16.6. The topological polar surface area (TPSA) is 164 Å². The quantitative estimate of drug-likeness (QED) is 0.211. The molecule has 56 heavy (non-hydrogen) atoms. The van der Waals surface area contributed by atoms with E-state index in [1.54, 1.807) is 6.92 Å². The van der Waals surface area contributed by atoms with Gasteiger partial charge in [-0.2, -0.15) is 0 Å². The molecule has 16 heteroatoms. The monoisotopic (exact) mass is 910 g/mol. The number of nitrogens with one attached hydrogen (secondary N) is 5. The number of carbonyl (C=O) groups is 5. The van der Waals surface area contributed by atoms with E-state index in [-0.39, 0.29) is 77.6 Å². The molecule has 14 nitrogen and oxygen atoms in total. The summed E-state index contributed by atoms with van der Waals surface area (Å²) in [5, 5.41) is 12.5. The van der Waals surface area contributed by atoms with Crippen LogP contribution in [0, 0.1) is 0 Å². The molecule has 1 aromatic carbocycles. The number of halogens is 2. The van der Waals surface area contributed by atoms with Crippen LogP contribution in [-0.2, 0) is 30.5 Å². The third kappa shape index (κ3) is 13.1. The van der Waals surface area contributed by atoms with E-state index in [0.717, 1.165) is 57.1 Å². The standard InChI is InChI=1S/C24H36N4O4.C16H28Br2N4O2/c1-16(29)25-20-14-18(27-24(2,3)4)10-11-21(20)28-13-12-19(22(28)30)26-23(31)32-15-17-8-6-5-7-9-17;1-10(23)19-13-9-11(22(18)16(2,3)4)5-6-14(13)21-8-7-12(20-17)15(21)24/h5-9,18-21,27H,10-15H2,1-4H3,(H,25,29)(H,26,31);11-14,20H,5-9H2,1-4H3,(H,19,23)/t18-,19+,20-,21+;11-,12+,13-,14+/m11/s1. The third-order valence-electron chi connectivity index (χ3n) is 10.9. The number of hydrogen-bond donors (Lipinski definition) is 5. The predicted octanol–water partition coefficient (Wildman–Crippen LogP) is 4.65. The van der Waals surface area contributed by atoms with Crippen molar-refractivity contribution in [3.8, 4) is 0 Å². The van der Waals surface area contributed by atoms with Gasteiger partial charge in [-0.25, -0.2) is 13.1 Å². The van der Waals surface area contributed by atoms with Crippen LogP contribution in [-0.4, -0.2) is 116 Å². The Labute approximate surface area is 350 Å². The minimum absolute atomic E-state index is 0.00667. The molecule has 5 rings (SSSR count). The lowest BCUT2D eigenvalue weighted by atomic mass is 9.84. The first-order valence-corrected chi connectivity index (χ1v) is 21.5. The summed E-state index contributed by atoms with van der Waals surface area (Å²) in [4.78, 5) is 65.1. The average molecular weight is 913 g/mol. The van der Waals surface area contributed by atoms with Crippen LogP contribution < -0.4 is 25.6 Å². The maximum Gasteiger partial charge on any atom is 0.408 e. The number of hydrogen-bond acceptors (Lipinski definition) is 9. The summed E-state index contributed by atoms with van der Waals surface area (Å²) < 4.78 is 10.4. The fourth-order valence-electron chi connectivity index (χ4n) is 8.57. The molecule has 0 spiro atoms. The Balaban J connectivity index is 0.000000259. The molecule has 2 saturated heterocycles. The van der Waals surface area contributed by atoms with E-state index in [0.29, 0.717) is 19.0 Å². The molecule has 0 aromatic heterocycles. The summed E-state index contributed by atoms with van der Waals surface area (Å²) in [5.74, 6) is -0.118. The lowest BCUT2D eigenvalue weighted by Crippen LogP contribution is -2.59. The number of nitrogens with zero attached hydrogens (tertiary/aromatic N) is 3. The summed E-state index contributed by atoms with van der Waals surface area (Å²) in [6.45, 7) is 17.4. The maximum absolute atomic E-state index is 13.1. The predicted molar refractivity (Wildman–Crippen MR) is 224 cm³/mol. The highest BCUT2D eigenvalue weighted by Crippen LogP contribution is 2.35. The number of benzene rings is 1. The van der Waals surface area contributed by atoms with E-state index in [2.05, 4.69) is 103 Å². The molecule has 4 aliphatic rings. The second kappa shape index (κ2) is 20.3. The number of carbonyl (C=O) groups excluding carboxylic acids is 5. The van der Waals surface area contributed by atoms with Crippen molar-refractivity contribution < 1.29 is 28.7 Å². The van der Waals surface area contributed by atoms with Crippen molar-refractivity contribution in [3.05, 3.63) is 35.9 Å². The number of rotatable bonds is 10. The van der Waals surface area contributed by atoms with E-state index >= 15 is 0 Å². The number of alkyl carbamates (subject to hydrolysis) is 1. The molecule has 2 saturated carbocycles. The van der Waals surface area contributed by atoms with E-state index in [9.17, 15) is 24.0 Å². The number of ether oxygens (including phenoxy) is 1.